The molecule has 2 amide bonds. The highest BCUT2D eigenvalue weighted by molar-refractivity contribution is 8.26. The number of nitrogens with zero attached hydrogens (tertiary/aromatic N) is 1. The molecular formula is C16H12N2O2S3. The molecule has 1 aromatic heterocycles. The average Bonchev–Trinajstić information content (AvgIpc) is 3.13. The molecule has 0 unspecified atom stereocenters. The summed E-state index contributed by atoms with van der Waals surface area (Å²) < 4.78 is 0.333. The van der Waals surface area contributed by atoms with Gasteiger partial charge >= 0.3 is 0 Å². The van der Waals surface area contributed by atoms with Crippen LogP contribution < -0.4 is 5.43 Å². The Morgan fingerprint density at radius 1 is 1.22 bits per heavy atom. The summed E-state index contributed by atoms with van der Waals surface area (Å²) >= 11 is 7.92. The van der Waals surface area contributed by atoms with Gasteiger partial charge in [0.15, 0.2) is 4.32 Å². The Bertz CT molecular complexity index is 770. The van der Waals surface area contributed by atoms with Crippen LogP contribution in [0.2, 0.25) is 0 Å². The second kappa shape index (κ2) is 7.08. The third-order valence-electron chi connectivity index (χ3n) is 3.05. The summed E-state index contributed by atoms with van der Waals surface area (Å²) in [6.07, 6.45) is 1.98. The largest absolute Gasteiger partial charge is 0.285 e. The van der Waals surface area contributed by atoms with E-state index in [4.69, 9.17) is 12.2 Å². The van der Waals surface area contributed by atoms with Crippen molar-refractivity contribution in [2.24, 2.45) is 0 Å². The minimum atomic E-state index is -0.296. The van der Waals surface area contributed by atoms with E-state index in [9.17, 15) is 9.59 Å². The zero-order valence-corrected chi connectivity index (χ0v) is 14.3. The summed E-state index contributed by atoms with van der Waals surface area (Å²) in [6.45, 7) is 0. The summed E-state index contributed by atoms with van der Waals surface area (Å²) in [6, 6.07) is 13.2. The van der Waals surface area contributed by atoms with Crippen LogP contribution in [0.1, 0.15) is 10.4 Å². The van der Waals surface area contributed by atoms with E-state index < -0.39 is 0 Å². The Morgan fingerprint density at radius 3 is 2.70 bits per heavy atom. The van der Waals surface area contributed by atoms with Crippen LogP contribution in [-0.2, 0) is 16.0 Å². The van der Waals surface area contributed by atoms with Crippen LogP contribution in [0.25, 0.3) is 6.08 Å². The van der Waals surface area contributed by atoms with Gasteiger partial charge in [-0.15, -0.1) is 11.3 Å². The van der Waals surface area contributed by atoms with Crippen LogP contribution in [0.15, 0.2) is 52.7 Å². The average molecular weight is 360 g/mol. The first-order valence-electron chi connectivity index (χ1n) is 6.78. The first-order chi connectivity index (χ1) is 11.1. The zero-order valence-electron chi connectivity index (χ0n) is 11.9. The fraction of sp³-hybridized carbons (Fsp3) is 0.0625. The predicted molar refractivity (Wildman–Crippen MR) is 97.6 cm³/mol. The highest BCUT2D eigenvalue weighted by atomic mass is 32.2. The molecule has 0 atom stereocenters. The maximum absolute atomic E-state index is 12.4. The molecular weight excluding hydrogens is 348 g/mol. The molecule has 1 aliphatic rings. The third kappa shape index (κ3) is 3.87. The Kier molecular flexibility index (Phi) is 4.90. The zero-order chi connectivity index (χ0) is 16.2. The molecule has 2 heterocycles. The van der Waals surface area contributed by atoms with Gasteiger partial charge in [0.1, 0.15) is 0 Å². The van der Waals surface area contributed by atoms with Crippen molar-refractivity contribution in [3.8, 4) is 0 Å². The lowest BCUT2D eigenvalue weighted by Gasteiger charge is -2.15. The fourth-order valence-corrected chi connectivity index (χ4v) is 3.91. The van der Waals surface area contributed by atoms with Crippen molar-refractivity contribution in [1.82, 2.24) is 10.4 Å². The van der Waals surface area contributed by atoms with Gasteiger partial charge < -0.3 is 0 Å². The van der Waals surface area contributed by atoms with Crippen molar-refractivity contribution in [3.05, 3.63) is 63.2 Å². The van der Waals surface area contributed by atoms with Crippen molar-refractivity contribution in [2.75, 3.05) is 0 Å². The highest BCUT2D eigenvalue weighted by Gasteiger charge is 2.33. The molecule has 0 spiro atoms. The predicted octanol–water partition coefficient (Wildman–Crippen LogP) is 3.22. The standard InChI is InChI=1S/C16H12N2O2S3/c19-14(9-11-5-2-1-3-6-11)17-18-15(20)13(23-16(18)21)10-12-7-4-8-22-12/h1-8,10H,9H2,(H,17,19)/b13-10-. The lowest BCUT2D eigenvalue weighted by Crippen LogP contribution is -2.45. The molecule has 116 valence electrons. The molecule has 4 nitrogen and oxygen atoms in total. The number of thiophene rings is 1. The van der Waals surface area contributed by atoms with Gasteiger partial charge in [0, 0.05) is 4.88 Å². The topological polar surface area (TPSA) is 49.4 Å². The van der Waals surface area contributed by atoms with E-state index in [1.54, 1.807) is 6.08 Å². The second-order valence-electron chi connectivity index (χ2n) is 4.73. The Morgan fingerprint density at radius 2 is 2.00 bits per heavy atom. The monoisotopic (exact) mass is 360 g/mol. The van der Waals surface area contributed by atoms with Crippen LogP contribution >= 0.6 is 35.3 Å². The van der Waals surface area contributed by atoms with Crippen molar-refractivity contribution in [3.63, 3.8) is 0 Å². The lowest BCUT2D eigenvalue weighted by atomic mass is 10.1. The molecule has 0 bridgehead atoms. The van der Waals surface area contributed by atoms with Crippen LogP contribution in [0, 0.1) is 0 Å². The van der Waals surface area contributed by atoms with Gasteiger partial charge in [-0.3, -0.25) is 15.0 Å². The van der Waals surface area contributed by atoms with Crippen molar-refractivity contribution < 1.29 is 9.59 Å². The Labute approximate surface area is 147 Å². The molecule has 23 heavy (non-hydrogen) atoms. The summed E-state index contributed by atoms with van der Waals surface area (Å²) in [5.74, 6) is -0.570. The van der Waals surface area contributed by atoms with E-state index >= 15 is 0 Å². The molecule has 0 aliphatic carbocycles. The number of nitrogens with one attached hydrogen (secondary N) is 1. The third-order valence-corrected chi connectivity index (χ3v) is 5.18. The Balaban J connectivity index is 1.67. The molecule has 0 saturated carbocycles. The van der Waals surface area contributed by atoms with E-state index in [2.05, 4.69) is 5.43 Å². The Hall–Kier alpha value is -1.96. The minimum absolute atomic E-state index is 0.196. The fourth-order valence-electron chi connectivity index (χ4n) is 2.01. The number of carbonyl (C=O) groups is 2. The number of hydrazine groups is 1. The number of carbonyl (C=O) groups excluding carboxylic acids is 2. The second-order valence-corrected chi connectivity index (χ2v) is 7.38. The van der Waals surface area contributed by atoms with Crippen molar-refractivity contribution >= 4 is 57.5 Å². The highest BCUT2D eigenvalue weighted by Crippen LogP contribution is 2.32. The summed E-state index contributed by atoms with van der Waals surface area (Å²) in [5.41, 5.74) is 3.46. The molecule has 1 fully saturated rings. The van der Waals surface area contributed by atoms with Crippen LogP contribution in [0.5, 0.6) is 0 Å². The van der Waals surface area contributed by atoms with Gasteiger partial charge in [0.25, 0.3) is 5.91 Å². The van der Waals surface area contributed by atoms with Gasteiger partial charge in [-0.2, -0.15) is 5.01 Å². The number of hydrogen-bond donors (Lipinski definition) is 1. The summed E-state index contributed by atoms with van der Waals surface area (Å²) in [7, 11) is 0. The molecule has 1 aromatic carbocycles. The lowest BCUT2D eigenvalue weighted by molar-refractivity contribution is -0.132. The number of thioether (sulfide) groups is 1. The summed E-state index contributed by atoms with van der Waals surface area (Å²) in [4.78, 5) is 25.9. The van der Waals surface area contributed by atoms with Crippen molar-refractivity contribution in [2.45, 2.75) is 6.42 Å². The number of benzene rings is 1. The van der Waals surface area contributed by atoms with E-state index in [0.717, 1.165) is 15.4 Å². The van der Waals surface area contributed by atoms with E-state index in [-0.39, 0.29) is 18.2 Å². The van der Waals surface area contributed by atoms with Gasteiger partial charge in [-0.05, 0) is 35.3 Å². The maximum atomic E-state index is 12.4. The van der Waals surface area contributed by atoms with Crippen LogP contribution in [-0.4, -0.2) is 21.1 Å². The maximum Gasteiger partial charge on any atom is 0.285 e. The van der Waals surface area contributed by atoms with E-state index in [1.165, 1.54) is 23.1 Å². The SMILES string of the molecule is O=C(Cc1ccccc1)NN1C(=O)/C(=C/c2cccs2)SC1=S. The van der Waals surface area contributed by atoms with Crippen molar-refractivity contribution in [1.29, 1.82) is 0 Å². The first-order valence-corrected chi connectivity index (χ1v) is 8.89. The number of hydrogen-bond acceptors (Lipinski definition) is 5. The van der Waals surface area contributed by atoms with Gasteiger partial charge in [0.2, 0.25) is 5.91 Å². The first kappa shape index (κ1) is 15.9. The smallest absolute Gasteiger partial charge is 0.273 e. The van der Waals surface area contributed by atoms with Gasteiger partial charge in [-0.1, -0.05) is 48.2 Å². The molecule has 2 aromatic rings. The molecule has 1 aliphatic heterocycles. The van der Waals surface area contributed by atoms with Gasteiger partial charge in [0.05, 0.1) is 11.3 Å². The number of rotatable bonds is 4. The quantitative estimate of drug-likeness (QED) is 0.672. The van der Waals surface area contributed by atoms with E-state index in [1.807, 2.05) is 47.8 Å². The number of thiocarbonyl (C=S) groups is 1. The minimum Gasteiger partial charge on any atom is -0.273 e. The normalized spacial score (nSPS) is 16.2. The summed E-state index contributed by atoms with van der Waals surface area (Å²) in [5, 5.41) is 3.08. The molecule has 3 rings (SSSR count). The molecule has 1 N–H and O–H groups in total. The van der Waals surface area contributed by atoms with Crippen LogP contribution in [0.4, 0.5) is 0 Å². The number of amides is 2. The van der Waals surface area contributed by atoms with Gasteiger partial charge in [-0.25, -0.2) is 0 Å². The molecule has 0 radical (unpaired) electrons. The van der Waals surface area contributed by atoms with Crippen LogP contribution in [0.3, 0.4) is 0 Å². The molecule has 7 heteroatoms. The molecule has 1 saturated heterocycles. The van der Waals surface area contributed by atoms with E-state index in [0.29, 0.717) is 9.23 Å².